The third kappa shape index (κ3) is 4.66. The van der Waals surface area contributed by atoms with Gasteiger partial charge < -0.3 is 23.4 Å². The highest BCUT2D eigenvalue weighted by Gasteiger charge is 2.57. The summed E-state index contributed by atoms with van der Waals surface area (Å²) in [6.45, 7) is 3.76. The van der Waals surface area contributed by atoms with Crippen molar-refractivity contribution in [1.82, 2.24) is 4.98 Å². The second-order valence-electron chi connectivity index (χ2n) is 10.2. The lowest BCUT2D eigenvalue weighted by Crippen LogP contribution is -2.39. The fourth-order valence-electron chi connectivity index (χ4n) is 5.60. The van der Waals surface area contributed by atoms with Gasteiger partial charge in [-0.15, -0.1) is 0 Å². The predicted octanol–water partition coefficient (Wildman–Crippen LogP) is 4.30. The predicted molar refractivity (Wildman–Crippen MR) is 142 cm³/mol. The lowest BCUT2D eigenvalue weighted by Gasteiger charge is -2.37. The molecule has 2 aliphatic rings. The highest BCUT2D eigenvalue weighted by molar-refractivity contribution is 5.47. The lowest BCUT2D eigenvalue weighted by molar-refractivity contribution is -0.196. The Morgan fingerprint density at radius 2 is 1.31 bits per heavy atom. The van der Waals surface area contributed by atoms with Gasteiger partial charge in [-0.25, -0.2) is 4.79 Å². The Kier molecular flexibility index (Phi) is 6.56. The van der Waals surface area contributed by atoms with Crippen LogP contribution in [0.4, 0.5) is 0 Å². The van der Waals surface area contributed by atoms with E-state index in [0.29, 0.717) is 0 Å². The molecule has 8 nitrogen and oxygen atoms in total. The van der Waals surface area contributed by atoms with Crippen molar-refractivity contribution < 1.29 is 23.4 Å². The number of benzene rings is 3. The van der Waals surface area contributed by atoms with Crippen molar-refractivity contribution >= 4 is 0 Å². The maximum atomic E-state index is 12.6. The number of nitrogens with one attached hydrogen (secondary N) is 1. The van der Waals surface area contributed by atoms with Crippen molar-refractivity contribution in [2.24, 2.45) is 0 Å². The summed E-state index contributed by atoms with van der Waals surface area (Å²) in [6.07, 6.45) is -1.37. The number of hydrogen-bond acceptors (Lipinski definition) is 7. The van der Waals surface area contributed by atoms with Crippen molar-refractivity contribution in [3.63, 3.8) is 0 Å². The van der Waals surface area contributed by atoms with E-state index in [1.165, 1.54) is 0 Å². The molecule has 2 saturated heterocycles. The summed E-state index contributed by atoms with van der Waals surface area (Å²) in [6, 6.07) is 30.1. The van der Waals surface area contributed by atoms with Crippen LogP contribution >= 0.6 is 0 Å². The minimum atomic E-state index is -0.952. The highest BCUT2D eigenvalue weighted by Crippen LogP contribution is 2.46. The zero-order valence-corrected chi connectivity index (χ0v) is 21.6. The van der Waals surface area contributed by atoms with Crippen LogP contribution in [-0.4, -0.2) is 35.7 Å². The standard InChI is InChI=1S/C31H29NO7/c1-30(2)38-26-24(37-25(27(26)39-30)23-18-35-29(34)32-28(23)33)19-36-31(20-12-6-3-7-13-20,21-14-8-4-9-15-21)22-16-10-5-11-17-22/h3-18,24-27H,19H2,1-2H3,(H,32,33,34)/t24-,25-,26-,27+/m1/s1. The quantitative estimate of drug-likeness (QED) is 0.358. The van der Waals surface area contributed by atoms with Gasteiger partial charge in [-0.1, -0.05) is 91.0 Å². The molecule has 4 aromatic rings. The summed E-state index contributed by atoms with van der Waals surface area (Å²) in [7, 11) is 0. The average molecular weight is 528 g/mol. The molecule has 3 heterocycles. The highest BCUT2D eigenvalue weighted by atomic mass is 16.8. The number of hydrogen-bond donors (Lipinski definition) is 1. The van der Waals surface area contributed by atoms with Crippen LogP contribution in [-0.2, 0) is 24.5 Å². The molecule has 0 spiro atoms. The molecule has 2 fully saturated rings. The molecule has 0 unspecified atom stereocenters. The summed E-state index contributed by atoms with van der Waals surface area (Å²) in [4.78, 5) is 26.3. The molecule has 39 heavy (non-hydrogen) atoms. The molecule has 2 aliphatic heterocycles. The number of H-pyrrole nitrogens is 1. The first-order valence-corrected chi connectivity index (χ1v) is 12.9. The monoisotopic (exact) mass is 527 g/mol. The van der Waals surface area contributed by atoms with E-state index in [4.69, 9.17) is 23.4 Å². The topological polar surface area (TPSA) is 100.0 Å². The zero-order chi connectivity index (χ0) is 27.0. The van der Waals surface area contributed by atoms with E-state index in [1.807, 2.05) is 105 Å². The SMILES string of the molecule is CC1(C)O[C@@H]2[C@H](O1)[C@@H](COC(c1ccccc1)(c1ccccc1)c1ccccc1)O[C@@H]2c1coc(=O)[nH]c1=O. The van der Waals surface area contributed by atoms with Crippen LogP contribution in [0.25, 0.3) is 0 Å². The summed E-state index contributed by atoms with van der Waals surface area (Å²) in [5.41, 5.74) is 1.49. The third-order valence-corrected chi connectivity index (χ3v) is 7.23. The van der Waals surface area contributed by atoms with Crippen LogP contribution in [0.1, 0.15) is 42.2 Å². The first-order chi connectivity index (χ1) is 18.9. The lowest BCUT2D eigenvalue weighted by atomic mass is 9.80. The van der Waals surface area contributed by atoms with Crippen molar-refractivity contribution in [3.05, 3.63) is 140 Å². The van der Waals surface area contributed by atoms with Gasteiger partial charge >= 0.3 is 5.76 Å². The third-order valence-electron chi connectivity index (χ3n) is 7.23. The van der Waals surface area contributed by atoms with Crippen LogP contribution in [0.15, 0.2) is 111 Å². The molecule has 3 aromatic carbocycles. The Bertz CT molecular complexity index is 1440. The number of ether oxygens (including phenoxy) is 4. The molecule has 0 amide bonds. The normalized spacial score (nSPS) is 23.9. The van der Waals surface area contributed by atoms with Crippen molar-refractivity contribution in [2.75, 3.05) is 6.61 Å². The van der Waals surface area contributed by atoms with Crippen LogP contribution in [0.2, 0.25) is 0 Å². The maximum Gasteiger partial charge on any atom is 0.419 e. The number of fused-ring (bicyclic) bond motifs is 1. The van der Waals surface area contributed by atoms with Gasteiger partial charge in [0, 0.05) is 0 Å². The molecule has 6 rings (SSSR count). The molecule has 8 heteroatoms. The first-order valence-electron chi connectivity index (χ1n) is 12.9. The summed E-state index contributed by atoms with van der Waals surface area (Å²) < 4.78 is 30.7. The number of aromatic nitrogens is 1. The van der Waals surface area contributed by atoms with Gasteiger partial charge in [0.25, 0.3) is 5.56 Å². The van der Waals surface area contributed by atoms with E-state index >= 15 is 0 Å². The van der Waals surface area contributed by atoms with E-state index in [1.54, 1.807) is 0 Å². The van der Waals surface area contributed by atoms with Crippen LogP contribution in [0.3, 0.4) is 0 Å². The Hall–Kier alpha value is -3.82. The Labute approximate surface area is 225 Å². The van der Waals surface area contributed by atoms with Gasteiger partial charge in [-0.2, -0.15) is 0 Å². The van der Waals surface area contributed by atoms with Gasteiger partial charge in [0.1, 0.15) is 36.3 Å². The van der Waals surface area contributed by atoms with E-state index in [9.17, 15) is 9.59 Å². The van der Waals surface area contributed by atoms with Crippen LogP contribution in [0.5, 0.6) is 0 Å². The summed E-state index contributed by atoms with van der Waals surface area (Å²) in [5.74, 6) is -1.73. The van der Waals surface area contributed by atoms with E-state index in [2.05, 4.69) is 4.98 Å². The molecule has 0 bridgehead atoms. The minimum absolute atomic E-state index is 0.129. The maximum absolute atomic E-state index is 12.6. The Balaban J connectivity index is 1.40. The largest absolute Gasteiger partial charge is 0.419 e. The molecule has 0 aliphatic carbocycles. The minimum Gasteiger partial charge on any atom is -0.417 e. The van der Waals surface area contributed by atoms with E-state index in [0.717, 1.165) is 23.0 Å². The average Bonchev–Trinajstić information content (AvgIpc) is 3.44. The molecule has 200 valence electrons. The van der Waals surface area contributed by atoms with Crippen LogP contribution in [0, 0.1) is 0 Å². The fourth-order valence-corrected chi connectivity index (χ4v) is 5.60. The fraction of sp³-hybridized carbons (Fsp3) is 0.290. The van der Waals surface area contributed by atoms with Gasteiger partial charge in [0.15, 0.2) is 5.79 Å². The summed E-state index contributed by atoms with van der Waals surface area (Å²) >= 11 is 0. The van der Waals surface area contributed by atoms with Gasteiger partial charge in [0.2, 0.25) is 0 Å². The van der Waals surface area contributed by atoms with Gasteiger partial charge in [-0.05, 0) is 30.5 Å². The van der Waals surface area contributed by atoms with Gasteiger partial charge in [0.05, 0.1) is 12.2 Å². The first kappa shape index (κ1) is 25.5. The van der Waals surface area contributed by atoms with Crippen LogP contribution < -0.4 is 11.3 Å². The van der Waals surface area contributed by atoms with Crippen molar-refractivity contribution in [2.45, 2.75) is 49.7 Å². The Morgan fingerprint density at radius 1 is 0.795 bits per heavy atom. The zero-order valence-electron chi connectivity index (χ0n) is 21.6. The van der Waals surface area contributed by atoms with Gasteiger partial charge in [-0.3, -0.25) is 9.78 Å². The van der Waals surface area contributed by atoms with E-state index < -0.39 is 47.1 Å². The number of rotatable bonds is 7. The number of aromatic amines is 1. The second-order valence-corrected chi connectivity index (χ2v) is 10.2. The molecule has 0 radical (unpaired) electrons. The molecule has 1 aromatic heterocycles. The molecular weight excluding hydrogens is 498 g/mol. The van der Waals surface area contributed by atoms with E-state index in [-0.39, 0.29) is 12.2 Å². The Morgan fingerprint density at radius 3 is 1.82 bits per heavy atom. The second kappa shape index (κ2) is 10.1. The summed E-state index contributed by atoms with van der Waals surface area (Å²) in [5, 5.41) is 0. The molecule has 0 saturated carbocycles. The molecule has 1 N–H and O–H groups in total. The molecule has 4 atom stereocenters. The molecular formula is C31H29NO7. The van der Waals surface area contributed by atoms with Crippen molar-refractivity contribution in [1.29, 1.82) is 0 Å². The smallest absolute Gasteiger partial charge is 0.417 e. The van der Waals surface area contributed by atoms with Crippen molar-refractivity contribution in [3.8, 4) is 0 Å².